The van der Waals surface area contributed by atoms with E-state index in [1.54, 1.807) is 17.7 Å². The van der Waals surface area contributed by atoms with Crippen molar-refractivity contribution in [2.45, 2.75) is 63.7 Å². The van der Waals surface area contributed by atoms with E-state index in [0.29, 0.717) is 11.3 Å². The van der Waals surface area contributed by atoms with Crippen LogP contribution in [-0.2, 0) is 4.79 Å². The lowest BCUT2D eigenvalue weighted by molar-refractivity contribution is -0.135. The van der Waals surface area contributed by atoms with Gasteiger partial charge in [-0.2, -0.15) is 0 Å². The van der Waals surface area contributed by atoms with Crippen molar-refractivity contribution in [2.75, 3.05) is 18.8 Å². The molecule has 2 aromatic carbocycles. The number of nitrogen functional groups attached to an aromatic ring is 1. The van der Waals surface area contributed by atoms with Crippen LogP contribution in [0.1, 0.15) is 68.6 Å². The van der Waals surface area contributed by atoms with Gasteiger partial charge in [0.25, 0.3) is 0 Å². The first-order chi connectivity index (χ1) is 14.9. The molecule has 0 amide bonds. The molecular formula is C25H35N3O2S. The van der Waals surface area contributed by atoms with Gasteiger partial charge in [-0.1, -0.05) is 38.1 Å². The molecule has 2 aliphatic rings. The zero-order valence-corrected chi connectivity index (χ0v) is 19.7. The SMILES string of the molecule is CC.Cc1ccc(C(=N)CC(=O)O)c(N)c1.c1cc(C2CC2)ccc1SN1CCCC1. The highest BCUT2D eigenvalue weighted by Crippen LogP contribution is 2.40. The van der Waals surface area contributed by atoms with Gasteiger partial charge in [0.2, 0.25) is 0 Å². The van der Waals surface area contributed by atoms with Crippen LogP contribution < -0.4 is 5.73 Å². The van der Waals surface area contributed by atoms with Crippen LogP contribution in [0.5, 0.6) is 0 Å². The number of carboxylic acids is 1. The van der Waals surface area contributed by atoms with Gasteiger partial charge in [-0.3, -0.25) is 4.79 Å². The number of rotatable bonds is 6. The minimum Gasteiger partial charge on any atom is -0.481 e. The summed E-state index contributed by atoms with van der Waals surface area (Å²) in [6, 6.07) is 14.4. The van der Waals surface area contributed by atoms with E-state index < -0.39 is 5.97 Å². The van der Waals surface area contributed by atoms with Gasteiger partial charge in [0, 0.05) is 29.2 Å². The predicted molar refractivity (Wildman–Crippen MR) is 131 cm³/mol. The molecule has 0 spiro atoms. The second-order valence-electron chi connectivity index (χ2n) is 7.71. The van der Waals surface area contributed by atoms with Crippen molar-refractivity contribution in [3.05, 3.63) is 59.2 Å². The Kier molecular flexibility index (Phi) is 10.1. The molecule has 1 saturated carbocycles. The van der Waals surface area contributed by atoms with Crippen molar-refractivity contribution in [3.8, 4) is 0 Å². The van der Waals surface area contributed by atoms with Crippen LogP contribution in [-0.4, -0.2) is 34.2 Å². The maximum absolute atomic E-state index is 10.4. The Morgan fingerprint density at radius 1 is 1.13 bits per heavy atom. The normalized spacial score (nSPS) is 15.3. The quantitative estimate of drug-likeness (QED) is 0.286. The average molecular weight is 442 g/mol. The van der Waals surface area contributed by atoms with Gasteiger partial charge < -0.3 is 16.2 Å². The second kappa shape index (κ2) is 12.5. The summed E-state index contributed by atoms with van der Waals surface area (Å²) in [5, 5.41) is 16.0. The highest BCUT2D eigenvalue weighted by molar-refractivity contribution is 7.97. The van der Waals surface area contributed by atoms with Crippen molar-refractivity contribution in [3.63, 3.8) is 0 Å². The molecule has 1 saturated heterocycles. The molecule has 6 heteroatoms. The number of aliphatic carboxylic acids is 1. The molecule has 0 unspecified atom stereocenters. The smallest absolute Gasteiger partial charge is 0.309 e. The number of nitrogens with zero attached hydrogens (tertiary/aromatic N) is 1. The Morgan fingerprint density at radius 2 is 1.74 bits per heavy atom. The van der Waals surface area contributed by atoms with Gasteiger partial charge >= 0.3 is 5.97 Å². The molecule has 2 aromatic rings. The van der Waals surface area contributed by atoms with E-state index >= 15 is 0 Å². The van der Waals surface area contributed by atoms with Crippen molar-refractivity contribution in [1.29, 1.82) is 5.41 Å². The summed E-state index contributed by atoms with van der Waals surface area (Å²) < 4.78 is 2.48. The Bertz CT molecular complexity index is 858. The standard InChI is InChI=1S/C13H17NS.C10H12N2O2.C2H6/c1-2-10-14(9-1)15-13-7-5-12(6-8-13)11-3-4-11;1-6-2-3-7(8(11)4-6)9(12)5-10(13)14;1-2/h5-8,11H,1-4,9-10H2;2-4,12H,5,11H2,1H3,(H,13,14);1-2H3. The number of hydrogen-bond acceptors (Lipinski definition) is 5. The molecule has 168 valence electrons. The Hall–Kier alpha value is -2.31. The van der Waals surface area contributed by atoms with Crippen LogP contribution in [0.4, 0.5) is 5.69 Å². The van der Waals surface area contributed by atoms with E-state index in [0.717, 1.165) is 11.5 Å². The van der Waals surface area contributed by atoms with E-state index in [9.17, 15) is 4.79 Å². The minimum absolute atomic E-state index is 0.0370. The Labute approximate surface area is 190 Å². The summed E-state index contributed by atoms with van der Waals surface area (Å²) >= 11 is 1.93. The lowest BCUT2D eigenvalue weighted by Crippen LogP contribution is -2.09. The van der Waals surface area contributed by atoms with E-state index in [-0.39, 0.29) is 12.1 Å². The minimum atomic E-state index is -1.02. The summed E-state index contributed by atoms with van der Waals surface area (Å²) in [5.41, 5.74) is 9.19. The maximum Gasteiger partial charge on any atom is 0.309 e. The molecule has 1 aliphatic heterocycles. The molecule has 2 fully saturated rings. The molecule has 0 aromatic heterocycles. The molecule has 5 nitrogen and oxygen atoms in total. The zero-order valence-electron chi connectivity index (χ0n) is 18.9. The fourth-order valence-electron chi connectivity index (χ4n) is 3.35. The first kappa shape index (κ1) is 25.0. The largest absolute Gasteiger partial charge is 0.481 e. The fourth-order valence-corrected chi connectivity index (χ4v) is 4.35. The maximum atomic E-state index is 10.4. The highest BCUT2D eigenvalue weighted by Gasteiger charge is 2.23. The monoisotopic (exact) mass is 441 g/mol. The van der Waals surface area contributed by atoms with Crippen molar-refractivity contribution >= 4 is 29.3 Å². The number of nitrogens with two attached hydrogens (primary N) is 1. The van der Waals surface area contributed by atoms with Crippen molar-refractivity contribution in [1.82, 2.24) is 4.31 Å². The molecule has 0 atom stereocenters. The van der Waals surface area contributed by atoms with Crippen LogP contribution in [0.3, 0.4) is 0 Å². The lowest BCUT2D eigenvalue weighted by atomic mass is 10.0. The lowest BCUT2D eigenvalue weighted by Gasteiger charge is -2.13. The van der Waals surface area contributed by atoms with Gasteiger partial charge in [-0.15, -0.1) is 0 Å². The first-order valence-corrected chi connectivity index (χ1v) is 11.9. The summed E-state index contributed by atoms with van der Waals surface area (Å²) in [4.78, 5) is 11.8. The molecule has 31 heavy (non-hydrogen) atoms. The molecule has 0 bridgehead atoms. The molecule has 4 N–H and O–H groups in total. The first-order valence-electron chi connectivity index (χ1n) is 11.1. The van der Waals surface area contributed by atoms with Crippen molar-refractivity contribution in [2.24, 2.45) is 0 Å². The number of hydrogen-bond donors (Lipinski definition) is 3. The van der Waals surface area contributed by atoms with Crippen LogP contribution in [0.15, 0.2) is 47.4 Å². The van der Waals surface area contributed by atoms with E-state index in [2.05, 4.69) is 28.6 Å². The van der Waals surface area contributed by atoms with Crippen molar-refractivity contribution < 1.29 is 9.90 Å². The average Bonchev–Trinajstić information content (AvgIpc) is 3.47. The molecule has 1 aliphatic carbocycles. The Balaban J connectivity index is 0.000000205. The van der Waals surface area contributed by atoms with Gasteiger partial charge in [-0.25, -0.2) is 4.31 Å². The number of benzene rings is 2. The fraction of sp³-hybridized carbons (Fsp3) is 0.440. The predicted octanol–water partition coefficient (Wildman–Crippen LogP) is 6.11. The molecule has 4 rings (SSSR count). The highest BCUT2D eigenvalue weighted by atomic mass is 32.2. The Morgan fingerprint density at radius 3 is 2.26 bits per heavy atom. The van der Waals surface area contributed by atoms with Gasteiger partial charge in [-0.05, 0) is 79.8 Å². The summed E-state index contributed by atoms with van der Waals surface area (Å²) in [5.74, 6) is -0.134. The third-order valence-corrected chi connectivity index (χ3v) is 6.19. The van der Waals surface area contributed by atoms with E-state index in [1.807, 2.05) is 38.8 Å². The van der Waals surface area contributed by atoms with Crippen LogP contribution in [0.25, 0.3) is 0 Å². The van der Waals surface area contributed by atoms with Gasteiger partial charge in [0.05, 0.1) is 12.1 Å². The third-order valence-electron chi connectivity index (χ3n) is 5.09. The van der Waals surface area contributed by atoms with Gasteiger partial charge in [0.1, 0.15) is 0 Å². The number of anilines is 1. The summed E-state index contributed by atoms with van der Waals surface area (Å²) in [6.07, 6.45) is 5.24. The number of carboxylic acid groups (broad SMARTS) is 1. The van der Waals surface area contributed by atoms with E-state index in [1.165, 1.54) is 43.7 Å². The zero-order chi connectivity index (χ0) is 22.8. The molecule has 0 radical (unpaired) electrons. The summed E-state index contributed by atoms with van der Waals surface area (Å²) in [7, 11) is 0. The second-order valence-corrected chi connectivity index (χ2v) is 8.88. The third kappa shape index (κ3) is 8.38. The summed E-state index contributed by atoms with van der Waals surface area (Å²) in [6.45, 7) is 8.41. The van der Waals surface area contributed by atoms with Crippen LogP contribution in [0, 0.1) is 12.3 Å². The van der Waals surface area contributed by atoms with Crippen LogP contribution >= 0.6 is 11.9 Å². The molecule has 1 heterocycles. The molecular weight excluding hydrogens is 406 g/mol. The number of aryl methyl sites for hydroxylation is 1. The number of carbonyl (C=O) groups is 1. The topological polar surface area (TPSA) is 90.4 Å². The number of nitrogens with one attached hydrogen (secondary N) is 1. The van der Waals surface area contributed by atoms with Gasteiger partial charge in [0.15, 0.2) is 0 Å². The van der Waals surface area contributed by atoms with E-state index in [4.69, 9.17) is 16.2 Å². The van der Waals surface area contributed by atoms with Crippen LogP contribution in [0.2, 0.25) is 0 Å².